The topological polar surface area (TPSA) is 64.6 Å². The molecule has 0 bridgehead atoms. The van der Waals surface area contributed by atoms with Crippen molar-refractivity contribution in [1.29, 1.82) is 5.26 Å². The predicted octanol–water partition coefficient (Wildman–Crippen LogP) is 3.39. The molecule has 28 heavy (non-hydrogen) atoms. The molecular formula is C21H18FN5O. The average molecular weight is 375 g/mol. The summed E-state index contributed by atoms with van der Waals surface area (Å²) < 4.78 is 13.3. The van der Waals surface area contributed by atoms with Crippen molar-refractivity contribution >= 4 is 23.5 Å². The number of nitriles is 1. The minimum absolute atomic E-state index is 0.0956. The molecule has 1 aromatic carbocycles. The fourth-order valence-electron chi connectivity index (χ4n) is 3.20. The number of amides is 1. The number of benzene rings is 1. The van der Waals surface area contributed by atoms with Crippen LogP contribution in [0, 0.1) is 23.7 Å². The molecule has 3 rings (SSSR count). The van der Waals surface area contributed by atoms with Crippen LogP contribution in [0.15, 0.2) is 42.6 Å². The molecule has 140 valence electrons. The summed E-state index contributed by atoms with van der Waals surface area (Å²) in [5.41, 5.74) is 1.50. The van der Waals surface area contributed by atoms with Crippen molar-refractivity contribution < 1.29 is 9.18 Å². The fourth-order valence-corrected chi connectivity index (χ4v) is 3.20. The highest BCUT2D eigenvalue weighted by Crippen LogP contribution is 2.28. The number of carbonyl (C=O) groups is 1. The van der Waals surface area contributed by atoms with Gasteiger partial charge in [-0.25, -0.2) is 14.2 Å². The van der Waals surface area contributed by atoms with Crippen molar-refractivity contribution in [2.75, 3.05) is 24.5 Å². The number of pyridine rings is 1. The van der Waals surface area contributed by atoms with Gasteiger partial charge in [-0.2, -0.15) is 5.26 Å². The van der Waals surface area contributed by atoms with Crippen LogP contribution in [0.25, 0.3) is 10.9 Å². The zero-order valence-corrected chi connectivity index (χ0v) is 15.3. The van der Waals surface area contributed by atoms with Crippen LogP contribution in [0.3, 0.4) is 0 Å². The number of halogens is 1. The van der Waals surface area contributed by atoms with Crippen molar-refractivity contribution in [3.63, 3.8) is 0 Å². The number of nitrogens with zero attached hydrogens (tertiary/aromatic N) is 5. The Morgan fingerprint density at radius 1 is 1.43 bits per heavy atom. The van der Waals surface area contributed by atoms with Crippen LogP contribution >= 0.6 is 0 Å². The average Bonchev–Trinajstić information content (AvgIpc) is 2.72. The van der Waals surface area contributed by atoms with E-state index in [1.165, 1.54) is 12.1 Å². The SMILES string of the molecule is [C-]#[N+]c1cc(F)cnc1N1CCN(C(=O)/C=C/c2cccc(C#N)c2)[C@H](C)C1. The summed E-state index contributed by atoms with van der Waals surface area (Å²) in [6.07, 6.45) is 4.30. The summed E-state index contributed by atoms with van der Waals surface area (Å²) in [4.78, 5) is 23.7. The highest BCUT2D eigenvalue weighted by atomic mass is 19.1. The monoisotopic (exact) mass is 375 g/mol. The third-order valence-corrected chi connectivity index (χ3v) is 4.58. The highest BCUT2D eigenvalue weighted by Gasteiger charge is 2.28. The lowest BCUT2D eigenvalue weighted by Crippen LogP contribution is -2.54. The first-order valence-electron chi connectivity index (χ1n) is 8.78. The third kappa shape index (κ3) is 4.16. The molecule has 2 heterocycles. The van der Waals surface area contributed by atoms with E-state index in [4.69, 9.17) is 11.8 Å². The number of carbonyl (C=O) groups excluding carboxylic acids is 1. The van der Waals surface area contributed by atoms with Gasteiger partial charge in [-0.3, -0.25) is 4.79 Å². The van der Waals surface area contributed by atoms with E-state index < -0.39 is 5.82 Å². The Morgan fingerprint density at radius 2 is 2.25 bits per heavy atom. The fraction of sp³-hybridized carbons (Fsp3) is 0.238. The van der Waals surface area contributed by atoms with Crippen LogP contribution in [-0.2, 0) is 4.79 Å². The molecule has 6 nitrogen and oxygen atoms in total. The second-order valence-corrected chi connectivity index (χ2v) is 6.51. The van der Waals surface area contributed by atoms with Crippen molar-refractivity contribution in [3.8, 4) is 6.07 Å². The van der Waals surface area contributed by atoms with Crippen molar-refractivity contribution in [2.45, 2.75) is 13.0 Å². The van der Waals surface area contributed by atoms with Crippen molar-refractivity contribution in [2.24, 2.45) is 0 Å². The number of aromatic nitrogens is 1. The molecule has 0 aliphatic carbocycles. The van der Waals surface area contributed by atoms with E-state index in [9.17, 15) is 9.18 Å². The maximum Gasteiger partial charge on any atom is 0.246 e. The molecule has 1 atom stereocenters. The van der Waals surface area contributed by atoms with Crippen LogP contribution in [0.1, 0.15) is 18.1 Å². The zero-order chi connectivity index (χ0) is 20.1. The van der Waals surface area contributed by atoms with E-state index >= 15 is 0 Å². The number of hydrogen-bond acceptors (Lipinski definition) is 4. The molecule has 7 heteroatoms. The van der Waals surface area contributed by atoms with Gasteiger partial charge in [-0.15, -0.1) is 0 Å². The Bertz CT molecular complexity index is 1000. The molecule has 0 unspecified atom stereocenters. The van der Waals surface area contributed by atoms with E-state index in [1.54, 1.807) is 29.2 Å². The van der Waals surface area contributed by atoms with Gasteiger partial charge in [0.2, 0.25) is 11.6 Å². The maximum atomic E-state index is 13.3. The molecule has 0 radical (unpaired) electrons. The molecule has 1 saturated heterocycles. The van der Waals surface area contributed by atoms with Gasteiger partial charge in [-0.05, 0) is 36.8 Å². The molecule has 1 aliphatic heterocycles. The zero-order valence-electron chi connectivity index (χ0n) is 15.3. The van der Waals surface area contributed by atoms with Gasteiger partial charge in [0.15, 0.2) is 0 Å². The van der Waals surface area contributed by atoms with E-state index in [2.05, 4.69) is 15.9 Å². The Balaban J connectivity index is 1.68. The van der Waals surface area contributed by atoms with Crippen LogP contribution in [-0.4, -0.2) is 41.5 Å². The van der Waals surface area contributed by atoms with Gasteiger partial charge >= 0.3 is 0 Å². The minimum Gasteiger partial charge on any atom is -0.361 e. The Hall–Kier alpha value is -3.71. The molecule has 1 aromatic heterocycles. The Kier molecular flexibility index (Phi) is 5.67. The first-order valence-corrected chi connectivity index (χ1v) is 8.78. The molecule has 1 aliphatic rings. The maximum absolute atomic E-state index is 13.3. The molecule has 1 fully saturated rings. The third-order valence-electron chi connectivity index (χ3n) is 4.58. The normalized spacial score (nSPS) is 16.6. The summed E-state index contributed by atoms with van der Waals surface area (Å²) in [5.74, 6) is -0.214. The van der Waals surface area contributed by atoms with E-state index in [0.717, 1.165) is 11.8 Å². The largest absolute Gasteiger partial charge is 0.361 e. The second-order valence-electron chi connectivity index (χ2n) is 6.51. The van der Waals surface area contributed by atoms with Gasteiger partial charge in [0.05, 0.1) is 24.4 Å². The smallest absolute Gasteiger partial charge is 0.246 e. The van der Waals surface area contributed by atoms with Crippen LogP contribution < -0.4 is 4.90 Å². The van der Waals surface area contributed by atoms with Crippen molar-refractivity contribution in [1.82, 2.24) is 9.88 Å². The summed E-state index contributed by atoms with van der Waals surface area (Å²) >= 11 is 0. The number of anilines is 1. The van der Waals surface area contributed by atoms with Gasteiger partial charge in [0.1, 0.15) is 11.6 Å². The summed E-state index contributed by atoms with van der Waals surface area (Å²) in [5, 5.41) is 8.95. The van der Waals surface area contributed by atoms with Crippen LogP contribution in [0.4, 0.5) is 15.9 Å². The summed E-state index contributed by atoms with van der Waals surface area (Å²) in [6, 6.07) is 10.2. The van der Waals surface area contributed by atoms with Gasteiger partial charge < -0.3 is 9.80 Å². The molecule has 2 aromatic rings. The molecule has 0 saturated carbocycles. The number of hydrogen-bond donors (Lipinski definition) is 0. The lowest BCUT2D eigenvalue weighted by Gasteiger charge is -2.40. The summed E-state index contributed by atoms with van der Waals surface area (Å²) in [7, 11) is 0. The predicted molar refractivity (Wildman–Crippen MR) is 104 cm³/mol. The molecule has 0 N–H and O–H groups in total. The standard InChI is InChI=1S/C21H18FN5O/c1-15-14-26(21-19(24-2)11-18(22)13-25-21)8-9-27(15)20(28)7-6-16-4-3-5-17(10-16)12-23/h3-7,10-11,13,15H,8-9,14H2,1H3/b7-6+/t15-/m1/s1. The Morgan fingerprint density at radius 3 is 2.96 bits per heavy atom. The Labute approximate surface area is 163 Å². The van der Waals surface area contributed by atoms with Crippen LogP contribution in [0.2, 0.25) is 0 Å². The number of piperazine rings is 1. The number of rotatable bonds is 3. The molecule has 0 spiro atoms. The first kappa shape index (κ1) is 19.1. The molecular weight excluding hydrogens is 357 g/mol. The van der Waals surface area contributed by atoms with Gasteiger partial charge in [0.25, 0.3) is 0 Å². The lowest BCUT2D eigenvalue weighted by atomic mass is 10.1. The molecule has 1 amide bonds. The quantitative estimate of drug-likeness (QED) is 0.609. The van der Waals surface area contributed by atoms with Gasteiger partial charge in [0, 0.05) is 31.8 Å². The van der Waals surface area contributed by atoms with Crippen molar-refractivity contribution in [3.05, 3.63) is 71.0 Å². The van der Waals surface area contributed by atoms with Crippen LogP contribution in [0.5, 0.6) is 0 Å². The van der Waals surface area contributed by atoms with E-state index in [1.807, 2.05) is 17.9 Å². The van der Waals surface area contributed by atoms with Gasteiger partial charge in [-0.1, -0.05) is 12.1 Å². The van der Waals surface area contributed by atoms with E-state index in [0.29, 0.717) is 31.0 Å². The minimum atomic E-state index is -0.540. The first-order chi connectivity index (χ1) is 13.5. The highest BCUT2D eigenvalue weighted by molar-refractivity contribution is 5.92. The van der Waals surface area contributed by atoms with E-state index in [-0.39, 0.29) is 17.6 Å². The summed E-state index contributed by atoms with van der Waals surface area (Å²) in [6.45, 7) is 10.6. The second kappa shape index (κ2) is 8.32. The lowest BCUT2D eigenvalue weighted by molar-refractivity contribution is -0.128.